The van der Waals surface area contributed by atoms with E-state index < -0.39 is 54.1 Å². The molecule has 1 aromatic heterocycles. The van der Waals surface area contributed by atoms with Crippen LogP contribution in [-0.4, -0.2) is 185 Å². The van der Waals surface area contributed by atoms with Crippen molar-refractivity contribution in [1.82, 2.24) is 51.4 Å². The number of hydrogen-bond acceptors (Lipinski definition) is 16. The Kier molecular flexibility index (Phi) is 28.6. The van der Waals surface area contributed by atoms with Gasteiger partial charge in [0, 0.05) is 82.2 Å². The van der Waals surface area contributed by atoms with Crippen LogP contribution in [0.15, 0.2) is 97.2 Å². The van der Waals surface area contributed by atoms with Gasteiger partial charge >= 0.3 is 0 Å². The summed E-state index contributed by atoms with van der Waals surface area (Å²) in [4.78, 5) is 115. The number of rotatable bonds is 39. The number of ketones is 3. The molecule has 0 radical (unpaired) electrons. The minimum absolute atomic E-state index is 0.0142. The largest absolute Gasteiger partial charge is 0.396 e. The van der Waals surface area contributed by atoms with Crippen molar-refractivity contribution >= 4 is 46.9 Å². The third kappa shape index (κ3) is 20.0. The second kappa shape index (κ2) is 37.1. The maximum Gasteiger partial charge on any atom is 0.246 e. The Hall–Kier alpha value is -7.08. The summed E-state index contributed by atoms with van der Waals surface area (Å²) in [5, 5.41) is 33.8. The number of fused-ring (bicyclic) bond motifs is 2. The van der Waals surface area contributed by atoms with E-state index in [9.17, 15) is 43.5 Å². The fourth-order valence-electron chi connectivity index (χ4n) is 14.0. The summed E-state index contributed by atoms with van der Waals surface area (Å²) in [6, 6.07) is 23.6. The number of nitrogens with zero attached hydrogens (tertiary/aromatic N) is 5. The highest BCUT2D eigenvalue weighted by Gasteiger charge is 2.50. The van der Waals surface area contributed by atoms with Crippen LogP contribution in [0.5, 0.6) is 0 Å². The van der Waals surface area contributed by atoms with E-state index in [4.69, 9.17) is 14.2 Å². The third-order valence-corrected chi connectivity index (χ3v) is 19.4. The van der Waals surface area contributed by atoms with Crippen LogP contribution in [0.2, 0.25) is 0 Å². The normalized spacial score (nSPS) is 22.3. The molecule has 3 aromatic carbocycles. The van der Waals surface area contributed by atoms with Crippen molar-refractivity contribution in [3.05, 3.63) is 120 Å². The van der Waals surface area contributed by atoms with Gasteiger partial charge in [-0.3, -0.25) is 43.0 Å². The Morgan fingerprint density at radius 2 is 1.10 bits per heavy atom. The van der Waals surface area contributed by atoms with Crippen molar-refractivity contribution in [2.24, 2.45) is 11.8 Å². The molecule has 5 heterocycles. The molecule has 11 atom stereocenters. The van der Waals surface area contributed by atoms with Crippen LogP contribution in [0.25, 0.3) is 0 Å². The predicted molar refractivity (Wildman–Crippen MR) is 350 cm³/mol. The molecule has 506 valence electrons. The number of aromatic nitrogens is 3. The zero-order valence-corrected chi connectivity index (χ0v) is 54.9. The molecule has 0 spiro atoms. The molecule has 8 rings (SSSR count). The van der Waals surface area contributed by atoms with Gasteiger partial charge in [-0.25, -0.2) is 0 Å². The van der Waals surface area contributed by atoms with Crippen LogP contribution >= 0.6 is 0 Å². The number of carbonyl (C=O) groups excluding carboxylic acids is 8. The fraction of sp³-hybridized carbons (Fsp3) is 0.606. The maximum absolute atomic E-state index is 14.8. The van der Waals surface area contributed by atoms with Gasteiger partial charge in [0.05, 0.1) is 50.2 Å². The Balaban J connectivity index is 0.696. The smallest absolute Gasteiger partial charge is 0.246 e. The van der Waals surface area contributed by atoms with E-state index in [1.807, 2.05) is 98.9 Å². The van der Waals surface area contributed by atoms with Gasteiger partial charge in [-0.2, -0.15) is 0 Å². The zero-order chi connectivity index (χ0) is 66.1. The molecule has 0 saturated carbocycles. The van der Waals surface area contributed by atoms with Gasteiger partial charge in [0.2, 0.25) is 29.5 Å². The maximum atomic E-state index is 14.8. The number of hydrogen-bond donors (Lipinski definition) is 6. The van der Waals surface area contributed by atoms with E-state index in [2.05, 4.69) is 36.9 Å². The van der Waals surface area contributed by atoms with E-state index >= 15 is 0 Å². The Labute approximate surface area is 548 Å². The molecule has 0 unspecified atom stereocenters. The highest BCUT2D eigenvalue weighted by molar-refractivity contribution is 5.97. The van der Waals surface area contributed by atoms with Gasteiger partial charge in [0.25, 0.3) is 0 Å². The van der Waals surface area contributed by atoms with E-state index in [1.165, 1.54) is 0 Å². The van der Waals surface area contributed by atoms with Crippen LogP contribution in [0.1, 0.15) is 164 Å². The number of nitrogens with one attached hydrogen (secondary N) is 5. The monoisotopic (exact) mass is 1280 g/mol. The van der Waals surface area contributed by atoms with Gasteiger partial charge in [-0.05, 0) is 133 Å². The molecule has 4 saturated heterocycles. The first-order valence-corrected chi connectivity index (χ1v) is 34.1. The Bertz CT molecular complexity index is 2980. The van der Waals surface area contributed by atoms with Crippen molar-refractivity contribution in [2.75, 3.05) is 60.3 Å². The van der Waals surface area contributed by atoms with Crippen molar-refractivity contribution < 1.29 is 57.7 Å². The second-order valence-corrected chi connectivity index (χ2v) is 25.4. The number of benzene rings is 3. The molecule has 0 aliphatic carbocycles. The molecule has 22 heteroatoms. The molecule has 4 aliphatic heterocycles. The molecule has 22 nitrogen and oxygen atoms in total. The SMILES string of the molecule is CC[C@H](NC)C(=O)N[C@@H]1C(=O)N2[C@@H](CC[C@@H]1CCC(=O)CCc1cn(CCCOCCOCCOCCCCC(=O)[C@@H](NC(=O)[C@@H]3CC[C@@H]4CC[C@H](CO)[C@H](NC(=O)[C@H](CC)NC)C(=O)N43)c3ccccc3)nn1)CC[C@H]2C(=O)CC(c1ccccc1)c1ccccc1. The number of amides is 5. The molecule has 5 amide bonds. The summed E-state index contributed by atoms with van der Waals surface area (Å²) >= 11 is 0. The topological polar surface area (TPSA) is 282 Å². The van der Waals surface area contributed by atoms with Crippen molar-refractivity contribution in [2.45, 2.75) is 203 Å². The molecular weight excluding hydrogens is 1180 g/mol. The highest BCUT2D eigenvalue weighted by Crippen LogP contribution is 2.39. The van der Waals surface area contributed by atoms with Crippen molar-refractivity contribution in [3.63, 3.8) is 0 Å². The average molecular weight is 1290 g/mol. The van der Waals surface area contributed by atoms with Crippen LogP contribution in [0.4, 0.5) is 0 Å². The minimum Gasteiger partial charge on any atom is -0.396 e. The molecular formula is C71H100N10O12. The molecule has 6 N–H and O–H groups in total. The van der Waals surface area contributed by atoms with Gasteiger partial charge < -0.3 is 55.7 Å². The molecule has 4 fully saturated rings. The van der Waals surface area contributed by atoms with E-state index in [0.29, 0.717) is 154 Å². The number of likely N-dealkylation sites (N-methyl/N-ethyl adjacent to an activating group) is 2. The van der Waals surface area contributed by atoms with Crippen LogP contribution in [0.3, 0.4) is 0 Å². The third-order valence-electron chi connectivity index (χ3n) is 19.4. The van der Waals surface area contributed by atoms with E-state index in [-0.39, 0.29) is 97.2 Å². The number of aryl methyl sites for hydroxylation is 2. The first kappa shape index (κ1) is 71.8. The van der Waals surface area contributed by atoms with Gasteiger partial charge in [-0.1, -0.05) is 110 Å². The minimum atomic E-state index is -0.975. The first-order chi connectivity index (χ1) is 45.3. The van der Waals surface area contributed by atoms with Crippen molar-refractivity contribution in [3.8, 4) is 0 Å². The summed E-state index contributed by atoms with van der Waals surface area (Å²) < 4.78 is 19.0. The van der Waals surface area contributed by atoms with Gasteiger partial charge in [-0.15, -0.1) is 5.10 Å². The van der Waals surface area contributed by atoms with Crippen LogP contribution < -0.4 is 26.6 Å². The van der Waals surface area contributed by atoms with E-state index in [0.717, 1.165) is 11.1 Å². The number of carbonyl (C=O) groups is 8. The number of aliphatic hydroxyl groups is 1. The highest BCUT2D eigenvalue weighted by atomic mass is 16.5. The molecule has 0 bridgehead atoms. The van der Waals surface area contributed by atoms with Crippen LogP contribution in [-0.2, 0) is 65.5 Å². The lowest BCUT2D eigenvalue weighted by Gasteiger charge is -2.33. The van der Waals surface area contributed by atoms with Crippen molar-refractivity contribution in [1.29, 1.82) is 0 Å². The Morgan fingerprint density at radius 3 is 1.66 bits per heavy atom. The molecule has 4 aliphatic rings. The van der Waals surface area contributed by atoms with Crippen LogP contribution in [0, 0.1) is 11.8 Å². The summed E-state index contributed by atoms with van der Waals surface area (Å²) in [6.45, 7) is 6.55. The number of ether oxygens (including phenoxy) is 3. The number of Topliss-reactive ketones (excluding diaryl/α,β-unsaturated/α-hetero) is 3. The molecule has 4 aromatic rings. The summed E-state index contributed by atoms with van der Waals surface area (Å²) in [5.41, 5.74) is 3.43. The summed E-state index contributed by atoms with van der Waals surface area (Å²) in [7, 11) is 3.40. The lowest BCUT2D eigenvalue weighted by Crippen LogP contribution is -2.58. The number of unbranched alkanes of at least 4 members (excludes halogenated alkanes) is 1. The lowest BCUT2D eigenvalue weighted by molar-refractivity contribution is -0.144. The number of aliphatic hydroxyl groups excluding tert-OH is 1. The average Bonchev–Trinajstić information content (AvgIpc) is 1.83. The quantitative estimate of drug-likeness (QED) is 0.0284. The molecule has 93 heavy (non-hydrogen) atoms. The summed E-state index contributed by atoms with van der Waals surface area (Å²) in [5.74, 6) is -2.67. The lowest BCUT2D eigenvalue weighted by atomic mass is 9.85. The standard InChI is InChI=1S/C71H100N10O12/c1-5-58(72-3)67(86)75-65-51(26-30-54-32-36-60(80(54)70(65)89)63(85)45-57(48-19-10-7-11-20-48)49-21-12-8-13-22-49)28-34-56(83)35-29-53-46-79(78-77-53)38-18-40-92-42-44-93-43-41-91-39-17-16-25-62(84)64(50-23-14-9-15-24-50)74-69(88)61-37-33-55-31-27-52(47-82)66(71(90)81(55)61)76-68(87)59(6-2)73-4/h7-15,19-24,46,51-52,54-55,57-61,64-66,72-73,82H,5-6,16-18,25-45,47H2,1-4H3,(H,74,88)(H,75,86)(H,76,87)/t51-,52-,54+,55+,58+,59+,60+,61+,64+,65+,66+/m1/s1. The predicted octanol–water partition coefficient (Wildman–Crippen LogP) is 5.89. The van der Waals surface area contributed by atoms with Gasteiger partial charge in [0.15, 0.2) is 11.6 Å². The second-order valence-electron chi connectivity index (χ2n) is 25.4. The van der Waals surface area contributed by atoms with Gasteiger partial charge in [0.1, 0.15) is 30.0 Å². The zero-order valence-electron chi connectivity index (χ0n) is 54.9. The summed E-state index contributed by atoms with van der Waals surface area (Å²) in [6.07, 6.45) is 11.3. The Morgan fingerprint density at radius 1 is 0.591 bits per heavy atom. The fourth-order valence-corrected chi connectivity index (χ4v) is 14.0. The first-order valence-electron chi connectivity index (χ1n) is 34.1. The van der Waals surface area contributed by atoms with E-state index in [1.54, 1.807) is 40.7 Å².